The summed E-state index contributed by atoms with van der Waals surface area (Å²) >= 11 is 7.87. The molecule has 0 aliphatic carbocycles. The zero-order valence-electron chi connectivity index (χ0n) is 12.7. The van der Waals surface area contributed by atoms with Gasteiger partial charge < -0.3 is 0 Å². The normalized spacial score (nSPS) is 17.2. The summed E-state index contributed by atoms with van der Waals surface area (Å²) in [4.78, 5) is 1.25. The quantitative estimate of drug-likeness (QED) is 0.570. The fraction of sp³-hybridized carbons (Fsp3) is 0.105. The number of halogens is 2. The van der Waals surface area contributed by atoms with Crippen LogP contribution < -0.4 is 5.01 Å². The van der Waals surface area contributed by atoms with Crippen LogP contribution in [0.25, 0.3) is 0 Å². The van der Waals surface area contributed by atoms with E-state index in [0.29, 0.717) is 5.02 Å². The zero-order chi connectivity index (χ0) is 16.5. The Morgan fingerprint density at radius 1 is 1.08 bits per heavy atom. The van der Waals surface area contributed by atoms with Crippen molar-refractivity contribution in [3.05, 3.63) is 87.3 Å². The van der Waals surface area contributed by atoms with Crippen LogP contribution in [-0.4, -0.2) is 5.71 Å². The minimum atomic E-state index is -0.237. The topological polar surface area (TPSA) is 15.6 Å². The minimum Gasteiger partial charge on any atom is -0.257 e. The standard InChI is InChI=1S/C19H14ClFN2S/c20-14-3-1-4-16(11-14)23-18(19-5-2-10-24-19)12-17(22-23)13-6-8-15(21)9-7-13/h1-11,18H,12H2/t18-/m0/s1. The molecule has 2 nitrogen and oxygen atoms in total. The minimum absolute atomic E-state index is 0.128. The van der Waals surface area contributed by atoms with Gasteiger partial charge in [-0.3, -0.25) is 5.01 Å². The summed E-state index contributed by atoms with van der Waals surface area (Å²) in [5.41, 5.74) is 2.86. The van der Waals surface area contributed by atoms with E-state index in [-0.39, 0.29) is 11.9 Å². The van der Waals surface area contributed by atoms with Gasteiger partial charge in [-0.05, 0) is 47.3 Å². The molecular weight excluding hydrogens is 343 g/mol. The van der Waals surface area contributed by atoms with Gasteiger partial charge in [-0.15, -0.1) is 11.3 Å². The van der Waals surface area contributed by atoms with Gasteiger partial charge in [-0.1, -0.05) is 35.9 Å². The van der Waals surface area contributed by atoms with Crippen molar-refractivity contribution >= 4 is 34.3 Å². The van der Waals surface area contributed by atoms with Crippen molar-refractivity contribution in [2.75, 3.05) is 5.01 Å². The predicted molar refractivity (Wildman–Crippen MR) is 98.5 cm³/mol. The lowest BCUT2D eigenvalue weighted by Gasteiger charge is -2.22. The summed E-state index contributed by atoms with van der Waals surface area (Å²) in [5, 5.41) is 9.58. The first kappa shape index (κ1) is 15.4. The number of hydrogen-bond acceptors (Lipinski definition) is 3. The summed E-state index contributed by atoms with van der Waals surface area (Å²) in [5.74, 6) is -0.237. The first-order valence-corrected chi connectivity index (χ1v) is 8.88. The van der Waals surface area contributed by atoms with Crippen LogP contribution in [0.15, 0.2) is 71.1 Å². The number of hydrogen-bond donors (Lipinski definition) is 0. The number of nitrogens with zero attached hydrogens (tertiary/aromatic N) is 2. The SMILES string of the molecule is Fc1ccc(C2=NN(c3cccc(Cl)c3)[C@H](c3cccs3)C2)cc1. The zero-order valence-corrected chi connectivity index (χ0v) is 14.3. The Bertz CT molecular complexity index is 875. The highest BCUT2D eigenvalue weighted by atomic mass is 35.5. The molecule has 2 aromatic carbocycles. The number of rotatable bonds is 3. The van der Waals surface area contributed by atoms with Crippen molar-refractivity contribution in [3.63, 3.8) is 0 Å². The number of anilines is 1. The summed E-state index contributed by atoms with van der Waals surface area (Å²) in [6, 6.07) is 18.5. The van der Waals surface area contributed by atoms with Crippen molar-refractivity contribution in [1.29, 1.82) is 0 Å². The molecule has 2 heterocycles. The second-order valence-corrected chi connectivity index (χ2v) is 7.03. The van der Waals surface area contributed by atoms with E-state index in [1.54, 1.807) is 23.5 Å². The van der Waals surface area contributed by atoms with Gasteiger partial charge in [-0.2, -0.15) is 5.10 Å². The van der Waals surface area contributed by atoms with E-state index in [1.807, 2.05) is 35.3 Å². The van der Waals surface area contributed by atoms with Crippen LogP contribution in [0.4, 0.5) is 10.1 Å². The molecule has 0 saturated carbocycles. The fourth-order valence-corrected chi connectivity index (χ4v) is 3.88. The first-order valence-electron chi connectivity index (χ1n) is 7.62. The summed E-state index contributed by atoms with van der Waals surface area (Å²) in [7, 11) is 0. The molecule has 0 bridgehead atoms. The fourth-order valence-electron chi connectivity index (χ4n) is 2.89. The van der Waals surface area contributed by atoms with E-state index in [9.17, 15) is 4.39 Å². The Kier molecular flexibility index (Phi) is 4.08. The average molecular weight is 357 g/mol. The molecule has 0 saturated heterocycles. The van der Waals surface area contributed by atoms with Crippen molar-refractivity contribution in [3.8, 4) is 0 Å². The molecule has 1 aromatic heterocycles. The van der Waals surface area contributed by atoms with Gasteiger partial charge in [0, 0.05) is 16.3 Å². The van der Waals surface area contributed by atoms with E-state index < -0.39 is 0 Å². The molecule has 120 valence electrons. The van der Waals surface area contributed by atoms with Crippen molar-refractivity contribution in [2.24, 2.45) is 5.10 Å². The maximum Gasteiger partial charge on any atom is 0.123 e. The molecule has 5 heteroatoms. The maximum atomic E-state index is 13.2. The van der Waals surface area contributed by atoms with Crippen LogP contribution in [0.2, 0.25) is 5.02 Å². The molecule has 0 radical (unpaired) electrons. The summed E-state index contributed by atoms with van der Waals surface area (Å²) in [6.07, 6.45) is 0.776. The lowest BCUT2D eigenvalue weighted by molar-refractivity contribution is 0.627. The van der Waals surface area contributed by atoms with E-state index in [0.717, 1.165) is 23.4 Å². The van der Waals surface area contributed by atoms with Crippen LogP contribution in [0.5, 0.6) is 0 Å². The van der Waals surface area contributed by atoms with E-state index in [4.69, 9.17) is 16.7 Å². The molecule has 24 heavy (non-hydrogen) atoms. The van der Waals surface area contributed by atoms with Gasteiger partial charge in [0.2, 0.25) is 0 Å². The Hall–Kier alpha value is -2.17. The Morgan fingerprint density at radius 3 is 2.62 bits per heavy atom. The van der Waals surface area contributed by atoms with Gasteiger partial charge in [0.1, 0.15) is 5.82 Å². The molecule has 1 aliphatic rings. The highest BCUT2D eigenvalue weighted by Crippen LogP contribution is 2.39. The van der Waals surface area contributed by atoms with Crippen molar-refractivity contribution in [1.82, 2.24) is 0 Å². The predicted octanol–water partition coefficient (Wildman–Crippen LogP) is 5.90. The number of benzene rings is 2. The van der Waals surface area contributed by atoms with Crippen LogP contribution in [-0.2, 0) is 0 Å². The lowest BCUT2D eigenvalue weighted by atomic mass is 10.0. The lowest BCUT2D eigenvalue weighted by Crippen LogP contribution is -2.17. The third kappa shape index (κ3) is 2.95. The Labute approximate surface area is 148 Å². The van der Waals surface area contributed by atoms with E-state index in [1.165, 1.54) is 17.0 Å². The molecule has 0 unspecified atom stereocenters. The third-order valence-corrected chi connectivity index (χ3v) is 5.24. The Balaban J connectivity index is 1.75. The van der Waals surface area contributed by atoms with Crippen LogP contribution in [0.3, 0.4) is 0 Å². The smallest absolute Gasteiger partial charge is 0.123 e. The van der Waals surface area contributed by atoms with Crippen LogP contribution in [0, 0.1) is 5.82 Å². The highest BCUT2D eigenvalue weighted by Gasteiger charge is 2.30. The average Bonchev–Trinajstić information content (AvgIpc) is 3.25. The maximum absolute atomic E-state index is 13.2. The molecule has 4 rings (SSSR count). The second-order valence-electron chi connectivity index (χ2n) is 5.61. The molecule has 3 aromatic rings. The molecule has 0 N–H and O–H groups in total. The first-order chi connectivity index (χ1) is 11.7. The monoisotopic (exact) mass is 356 g/mol. The molecule has 0 amide bonds. The number of thiophene rings is 1. The van der Waals surface area contributed by atoms with Gasteiger partial charge in [0.15, 0.2) is 0 Å². The Morgan fingerprint density at radius 2 is 1.92 bits per heavy atom. The van der Waals surface area contributed by atoms with Gasteiger partial charge >= 0.3 is 0 Å². The van der Waals surface area contributed by atoms with E-state index in [2.05, 4.69) is 11.4 Å². The molecule has 0 spiro atoms. The largest absolute Gasteiger partial charge is 0.257 e. The highest BCUT2D eigenvalue weighted by molar-refractivity contribution is 7.10. The molecule has 1 atom stereocenters. The molecule has 1 aliphatic heterocycles. The van der Waals surface area contributed by atoms with Gasteiger partial charge in [-0.25, -0.2) is 4.39 Å². The van der Waals surface area contributed by atoms with Crippen LogP contribution in [0.1, 0.15) is 22.9 Å². The van der Waals surface area contributed by atoms with Crippen molar-refractivity contribution < 1.29 is 4.39 Å². The number of hydrazone groups is 1. The van der Waals surface area contributed by atoms with Gasteiger partial charge in [0.05, 0.1) is 17.4 Å². The third-order valence-electron chi connectivity index (χ3n) is 4.03. The molecular formula is C19H14ClFN2S. The van der Waals surface area contributed by atoms with Crippen molar-refractivity contribution in [2.45, 2.75) is 12.5 Å². The van der Waals surface area contributed by atoms with E-state index >= 15 is 0 Å². The summed E-state index contributed by atoms with van der Waals surface area (Å²) < 4.78 is 13.2. The van der Waals surface area contributed by atoms with Gasteiger partial charge in [0.25, 0.3) is 0 Å². The second kappa shape index (κ2) is 6.38. The molecule has 0 fully saturated rings. The van der Waals surface area contributed by atoms with Crippen LogP contribution >= 0.6 is 22.9 Å². The summed E-state index contributed by atoms with van der Waals surface area (Å²) in [6.45, 7) is 0.